The van der Waals surface area contributed by atoms with Crippen LogP contribution in [-0.4, -0.2) is 40.9 Å². The van der Waals surface area contributed by atoms with Crippen LogP contribution < -0.4 is 5.32 Å². The largest absolute Gasteiger partial charge is 0.349 e. The molecule has 0 saturated carbocycles. The molecule has 1 aromatic heterocycles. The number of pyridine rings is 1. The smallest absolute Gasteiger partial charge is 0.288 e. The standard InChI is InChI=1S/C12H14ClN3O5/c1-12(2)20-6-8(21-12)5-15-11(17)9-3-7(16(18)19)4-14-10(9)13/h3-4,8H,5-6H2,1-2H3,(H,15,17). The Hall–Kier alpha value is -1.77. The molecule has 1 fully saturated rings. The van der Waals surface area contributed by atoms with Crippen molar-refractivity contribution < 1.29 is 19.2 Å². The van der Waals surface area contributed by atoms with Crippen molar-refractivity contribution in [1.29, 1.82) is 0 Å². The van der Waals surface area contributed by atoms with Gasteiger partial charge in [0.1, 0.15) is 17.5 Å². The van der Waals surface area contributed by atoms with E-state index in [1.807, 2.05) is 0 Å². The molecule has 1 amide bonds. The SMILES string of the molecule is CC1(C)OCC(CNC(=O)c2cc([N+](=O)[O-])cnc2Cl)O1. The molecule has 1 aliphatic heterocycles. The zero-order valence-corrected chi connectivity index (χ0v) is 12.2. The predicted octanol–water partition coefficient (Wildman–Crippen LogP) is 1.52. The number of hydrogen-bond donors (Lipinski definition) is 1. The summed E-state index contributed by atoms with van der Waals surface area (Å²) in [6.45, 7) is 4.11. The number of rotatable bonds is 4. The Morgan fingerprint density at radius 3 is 2.95 bits per heavy atom. The molecule has 8 nitrogen and oxygen atoms in total. The van der Waals surface area contributed by atoms with Crippen molar-refractivity contribution >= 4 is 23.2 Å². The van der Waals surface area contributed by atoms with Crippen LogP contribution in [0.5, 0.6) is 0 Å². The normalized spacial score (nSPS) is 20.2. The van der Waals surface area contributed by atoms with Crippen molar-refractivity contribution in [3.05, 3.63) is 33.1 Å². The molecule has 1 unspecified atom stereocenters. The van der Waals surface area contributed by atoms with Gasteiger partial charge in [-0.25, -0.2) is 4.98 Å². The topological polar surface area (TPSA) is 104 Å². The summed E-state index contributed by atoms with van der Waals surface area (Å²) < 4.78 is 10.9. The van der Waals surface area contributed by atoms with E-state index in [4.69, 9.17) is 21.1 Å². The summed E-state index contributed by atoms with van der Waals surface area (Å²) in [7, 11) is 0. The van der Waals surface area contributed by atoms with Crippen molar-refractivity contribution in [3.8, 4) is 0 Å². The zero-order chi connectivity index (χ0) is 15.6. The van der Waals surface area contributed by atoms with E-state index < -0.39 is 16.6 Å². The fraction of sp³-hybridized carbons (Fsp3) is 0.500. The van der Waals surface area contributed by atoms with Crippen molar-refractivity contribution in [2.45, 2.75) is 25.7 Å². The third-order valence-electron chi connectivity index (χ3n) is 2.84. The lowest BCUT2D eigenvalue weighted by molar-refractivity contribution is -0.385. The molecule has 0 aromatic carbocycles. The third-order valence-corrected chi connectivity index (χ3v) is 3.14. The Bertz CT molecular complexity index is 578. The molecule has 1 aliphatic rings. The highest BCUT2D eigenvalue weighted by molar-refractivity contribution is 6.32. The van der Waals surface area contributed by atoms with Gasteiger partial charge in [0.2, 0.25) is 0 Å². The van der Waals surface area contributed by atoms with E-state index in [1.54, 1.807) is 13.8 Å². The van der Waals surface area contributed by atoms with Crippen LogP contribution in [0.2, 0.25) is 5.15 Å². The van der Waals surface area contributed by atoms with Gasteiger partial charge in [0.05, 0.1) is 17.1 Å². The lowest BCUT2D eigenvalue weighted by Gasteiger charge is -2.17. The van der Waals surface area contributed by atoms with Crippen LogP contribution >= 0.6 is 11.6 Å². The summed E-state index contributed by atoms with van der Waals surface area (Å²) in [6.07, 6.45) is 0.713. The quantitative estimate of drug-likeness (QED) is 0.513. The van der Waals surface area contributed by atoms with E-state index in [0.29, 0.717) is 6.61 Å². The maximum absolute atomic E-state index is 12.0. The number of nitro groups is 1. The molecule has 21 heavy (non-hydrogen) atoms. The summed E-state index contributed by atoms with van der Waals surface area (Å²) in [5.74, 6) is -1.23. The number of halogens is 1. The van der Waals surface area contributed by atoms with Crippen LogP contribution in [-0.2, 0) is 9.47 Å². The van der Waals surface area contributed by atoms with Gasteiger partial charge in [-0.3, -0.25) is 14.9 Å². The molecule has 0 bridgehead atoms. The maximum atomic E-state index is 12.0. The van der Waals surface area contributed by atoms with Crippen molar-refractivity contribution in [2.75, 3.05) is 13.2 Å². The number of hydrogen-bond acceptors (Lipinski definition) is 6. The first-order valence-corrected chi connectivity index (χ1v) is 6.56. The maximum Gasteiger partial charge on any atom is 0.288 e. The molecule has 1 saturated heterocycles. The predicted molar refractivity (Wildman–Crippen MR) is 73.1 cm³/mol. The molecule has 0 aliphatic carbocycles. The van der Waals surface area contributed by atoms with Crippen molar-refractivity contribution in [3.63, 3.8) is 0 Å². The summed E-state index contributed by atoms with van der Waals surface area (Å²) in [5.41, 5.74) is -0.352. The second-order valence-electron chi connectivity index (χ2n) is 4.95. The van der Waals surface area contributed by atoms with Gasteiger partial charge in [-0.05, 0) is 13.8 Å². The number of carbonyl (C=O) groups excluding carboxylic acids is 1. The Labute approximate surface area is 125 Å². The zero-order valence-electron chi connectivity index (χ0n) is 11.5. The van der Waals surface area contributed by atoms with Gasteiger partial charge in [0, 0.05) is 12.6 Å². The molecule has 0 radical (unpaired) electrons. The number of amides is 1. The lowest BCUT2D eigenvalue weighted by Crippen LogP contribution is -2.34. The summed E-state index contributed by atoms with van der Waals surface area (Å²) >= 11 is 5.79. The van der Waals surface area contributed by atoms with Crippen molar-refractivity contribution in [2.24, 2.45) is 0 Å². The summed E-state index contributed by atoms with van der Waals surface area (Å²) in [6, 6.07) is 1.08. The Morgan fingerprint density at radius 2 is 2.38 bits per heavy atom. The number of ether oxygens (including phenoxy) is 2. The molecular weight excluding hydrogens is 302 g/mol. The van der Waals surface area contributed by atoms with E-state index in [-0.39, 0.29) is 29.1 Å². The van der Waals surface area contributed by atoms with E-state index in [1.165, 1.54) is 0 Å². The Kier molecular flexibility index (Phi) is 4.40. The number of nitrogens with zero attached hydrogens (tertiary/aromatic N) is 2. The molecule has 114 valence electrons. The van der Waals surface area contributed by atoms with Crippen LogP contribution in [0, 0.1) is 10.1 Å². The minimum atomic E-state index is -0.680. The second-order valence-corrected chi connectivity index (χ2v) is 5.31. The highest BCUT2D eigenvalue weighted by Crippen LogP contribution is 2.22. The number of nitrogens with one attached hydrogen (secondary N) is 1. The molecular formula is C12H14ClN3O5. The number of aromatic nitrogens is 1. The van der Waals surface area contributed by atoms with Crippen LogP contribution in [0.25, 0.3) is 0 Å². The second kappa shape index (κ2) is 5.92. The first-order valence-electron chi connectivity index (χ1n) is 6.18. The fourth-order valence-electron chi connectivity index (χ4n) is 1.86. The van der Waals surface area contributed by atoms with Crippen LogP contribution in [0.1, 0.15) is 24.2 Å². The first-order chi connectivity index (χ1) is 9.78. The van der Waals surface area contributed by atoms with Crippen LogP contribution in [0.3, 0.4) is 0 Å². The average Bonchev–Trinajstić information content (AvgIpc) is 2.76. The van der Waals surface area contributed by atoms with E-state index in [2.05, 4.69) is 10.3 Å². The van der Waals surface area contributed by atoms with Crippen LogP contribution in [0.15, 0.2) is 12.3 Å². The highest BCUT2D eigenvalue weighted by atomic mass is 35.5. The van der Waals surface area contributed by atoms with Gasteiger partial charge in [-0.15, -0.1) is 0 Å². The van der Waals surface area contributed by atoms with Crippen LogP contribution in [0.4, 0.5) is 5.69 Å². The summed E-state index contributed by atoms with van der Waals surface area (Å²) in [5, 5.41) is 13.2. The molecule has 2 rings (SSSR count). The minimum absolute atomic E-state index is 0.0518. The third kappa shape index (κ3) is 3.87. The monoisotopic (exact) mass is 315 g/mol. The van der Waals surface area contributed by atoms with Gasteiger partial charge in [0.25, 0.3) is 11.6 Å². The number of carbonyl (C=O) groups is 1. The molecule has 0 spiro atoms. The minimum Gasteiger partial charge on any atom is -0.349 e. The van der Waals surface area contributed by atoms with E-state index in [9.17, 15) is 14.9 Å². The Balaban J connectivity index is 2.00. The summed E-state index contributed by atoms with van der Waals surface area (Å²) in [4.78, 5) is 25.7. The molecule has 1 atom stereocenters. The molecule has 1 N–H and O–H groups in total. The van der Waals surface area contributed by atoms with Gasteiger partial charge < -0.3 is 14.8 Å². The molecule has 9 heteroatoms. The first kappa shape index (κ1) is 15.6. The van der Waals surface area contributed by atoms with Gasteiger partial charge >= 0.3 is 0 Å². The molecule has 2 heterocycles. The van der Waals surface area contributed by atoms with E-state index in [0.717, 1.165) is 12.3 Å². The van der Waals surface area contributed by atoms with Gasteiger partial charge in [0.15, 0.2) is 5.79 Å². The average molecular weight is 316 g/mol. The highest BCUT2D eigenvalue weighted by Gasteiger charge is 2.32. The lowest BCUT2D eigenvalue weighted by atomic mass is 10.2. The Morgan fingerprint density at radius 1 is 1.67 bits per heavy atom. The van der Waals surface area contributed by atoms with Crippen molar-refractivity contribution in [1.82, 2.24) is 10.3 Å². The molecule has 1 aromatic rings. The fourth-order valence-corrected chi connectivity index (χ4v) is 2.05. The van der Waals surface area contributed by atoms with E-state index >= 15 is 0 Å². The van der Waals surface area contributed by atoms with Gasteiger partial charge in [-0.1, -0.05) is 11.6 Å². The van der Waals surface area contributed by atoms with Gasteiger partial charge in [-0.2, -0.15) is 0 Å².